The number of carbonyl (C=O) groups excluding carboxylic acids is 1. The standard InChI is InChI=1S/C16H19NO4/c1-20-11-15(18)5-7-17-16(19)13-4-2-3-12(9-13)14-6-8-21-10-14/h2-4,6,8-10,15,18H,5,7,11H2,1H3,(H,17,19). The minimum Gasteiger partial charge on any atom is -0.472 e. The van der Waals surface area contributed by atoms with E-state index in [9.17, 15) is 9.90 Å². The van der Waals surface area contributed by atoms with Crippen molar-refractivity contribution in [1.82, 2.24) is 5.32 Å². The summed E-state index contributed by atoms with van der Waals surface area (Å²) in [5.74, 6) is -0.162. The molecule has 5 nitrogen and oxygen atoms in total. The van der Waals surface area contributed by atoms with Gasteiger partial charge in [0.05, 0.1) is 25.2 Å². The molecule has 1 atom stereocenters. The second kappa shape index (κ2) is 7.61. The Morgan fingerprint density at radius 3 is 2.95 bits per heavy atom. The molecule has 1 aromatic carbocycles. The Labute approximate surface area is 123 Å². The van der Waals surface area contributed by atoms with Crippen LogP contribution in [0.5, 0.6) is 0 Å². The average Bonchev–Trinajstić information content (AvgIpc) is 3.02. The van der Waals surface area contributed by atoms with Gasteiger partial charge in [0.15, 0.2) is 0 Å². The fraction of sp³-hybridized carbons (Fsp3) is 0.312. The molecule has 1 amide bonds. The highest BCUT2D eigenvalue weighted by Gasteiger charge is 2.09. The fourth-order valence-corrected chi connectivity index (χ4v) is 2.00. The quantitative estimate of drug-likeness (QED) is 0.818. The van der Waals surface area contributed by atoms with Gasteiger partial charge in [-0.2, -0.15) is 0 Å². The van der Waals surface area contributed by atoms with Crippen molar-refractivity contribution in [2.75, 3.05) is 20.3 Å². The summed E-state index contributed by atoms with van der Waals surface area (Å²) in [7, 11) is 1.53. The number of furan rings is 1. The summed E-state index contributed by atoms with van der Waals surface area (Å²) < 4.78 is 9.87. The number of hydrogen-bond donors (Lipinski definition) is 2. The van der Waals surface area contributed by atoms with Gasteiger partial charge in [-0.25, -0.2) is 0 Å². The SMILES string of the molecule is COCC(O)CCNC(=O)c1cccc(-c2ccoc2)c1. The zero-order valence-electron chi connectivity index (χ0n) is 11.9. The predicted octanol–water partition coefficient (Wildman–Crippen LogP) is 2.07. The highest BCUT2D eigenvalue weighted by molar-refractivity contribution is 5.95. The Kier molecular flexibility index (Phi) is 5.54. The van der Waals surface area contributed by atoms with Crippen molar-refractivity contribution in [2.45, 2.75) is 12.5 Å². The molecule has 1 heterocycles. The summed E-state index contributed by atoms with van der Waals surface area (Å²) in [6, 6.07) is 9.16. The molecule has 112 valence electrons. The van der Waals surface area contributed by atoms with Crippen LogP contribution >= 0.6 is 0 Å². The van der Waals surface area contributed by atoms with E-state index in [1.54, 1.807) is 18.6 Å². The molecule has 1 unspecified atom stereocenters. The number of aliphatic hydroxyl groups excluding tert-OH is 1. The number of nitrogens with one attached hydrogen (secondary N) is 1. The van der Waals surface area contributed by atoms with Crippen LogP contribution in [0.4, 0.5) is 0 Å². The van der Waals surface area contributed by atoms with Gasteiger partial charge in [0.25, 0.3) is 5.91 Å². The summed E-state index contributed by atoms with van der Waals surface area (Å²) in [5, 5.41) is 12.3. The van der Waals surface area contributed by atoms with Crippen LogP contribution in [0, 0.1) is 0 Å². The molecule has 1 aromatic heterocycles. The molecule has 2 aromatic rings. The maximum Gasteiger partial charge on any atom is 0.251 e. The number of rotatable bonds is 7. The van der Waals surface area contributed by atoms with Gasteiger partial charge in [-0.05, 0) is 30.2 Å². The molecule has 0 fully saturated rings. The first-order valence-electron chi connectivity index (χ1n) is 6.78. The van der Waals surface area contributed by atoms with Crippen molar-refractivity contribution in [3.63, 3.8) is 0 Å². The predicted molar refractivity (Wildman–Crippen MR) is 79.0 cm³/mol. The zero-order chi connectivity index (χ0) is 15.1. The highest BCUT2D eigenvalue weighted by atomic mass is 16.5. The van der Waals surface area contributed by atoms with E-state index in [-0.39, 0.29) is 12.5 Å². The smallest absolute Gasteiger partial charge is 0.251 e. The Morgan fingerprint density at radius 2 is 2.24 bits per heavy atom. The third-order valence-corrected chi connectivity index (χ3v) is 3.10. The summed E-state index contributed by atoms with van der Waals surface area (Å²) in [5.41, 5.74) is 2.44. The van der Waals surface area contributed by atoms with Crippen molar-refractivity contribution in [1.29, 1.82) is 0 Å². The van der Waals surface area contributed by atoms with Crippen molar-refractivity contribution < 1.29 is 19.1 Å². The molecule has 2 N–H and O–H groups in total. The fourth-order valence-electron chi connectivity index (χ4n) is 2.00. The Hall–Kier alpha value is -2.11. The third kappa shape index (κ3) is 4.44. The number of carbonyl (C=O) groups is 1. The molecule has 5 heteroatoms. The molecule has 0 aliphatic heterocycles. The summed E-state index contributed by atoms with van der Waals surface area (Å²) in [4.78, 5) is 12.1. The maximum atomic E-state index is 12.1. The van der Waals surface area contributed by atoms with Gasteiger partial charge < -0.3 is 19.6 Å². The Balaban J connectivity index is 1.92. The van der Waals surface area contributed by atoms with Crippen LogP contribution in [0.25, 0.3) is 11.1 Å². The number of methoxy groups -OCH3 is 1. The summed E-state index contributed by atoms with van der Waals surface area (Å²) in [6.07, 6.45) is 3.13. The van der Waals surface area contributed by atoms with Gasteiger partial charge in [0.1, 0.15) is 0 Å². The van der Waals surface area contributed by atoms with Crippen molar-refractivity contribution in [3.8, 4) is 11.1 Å². The van der Waals surface area contributed by atoms with Crippen molar-refractivity contribution in [3.05, 3.63) is 48.4 Å². The molecule has 0 bridgehead atoms. The lowest BCUT2D eigenvalue weighted by Gasteiger charge is -2.10. The number of amides is 1. The van der Waals surface area contributed by atoms with Crippen LogP contribution in [0.1, 0.15) is 16.8 Å². The Bertz CT molecular complexity index is 565. The molecular formula is C16H19NO4. The van der Waals surface area contributed by atoms with Gasteiger partial charge in [-0.1, -0.05) is 12.1 Å². The molecule has 0 aliphatic carbocycles. The number of ether oxygens (including phenoxy) is 1. The molecule has 0 saturated carbocycles. The van der Waals surface area contributed by atoms with E-state index in [0.717, 1.165) is 11.1 Å². The van der Waals surface area contributed by atoms with E-state index in [4.69, 9.17) is 9.15 Å². The van der Waals surface area contributed by atoms with Gasteiger partial charge in [-0.3, -0.25) is 4.79 Å². The van der Waals surface area contributed by atoms with E-state index in [1.165, 1.54) is 7.11 Å². The minimum absolute atomic E-state index is 0.162. The highest BCUT2D eigenvalue weighted by Crippen LogP contribution is 2.20. The monoisotopic (exact) mass is 289 g/mol. The number of aliphatic hydroxyl groups is 1. The molecule has 2 rings (SSSR count). The lowest BCUT2D eigenvalue weighted by Crippen LogP contribution is -2.28. The molecular weight excluding hydrogens is 270 g/mol. The molecule has 21 heavy (non-hydrogen) atoms. The first-order valence-corrected chi connectivity index (χ1v) is 6.78. The first-order chi connectivity index (χ1) is 10.2. The third-order valence-electron chi connectivity index (χ3n) is 3.10. The van der Waals surface area contributed by atoms with E-state index < -0.39 is 6.10 Å². The van der Waals surface area contributed by atoms with Crippen molar-refractivity contribution in [2.24, 2.45) is 0 Å². The number of hydrogen-bond acceptors (Lipinski definition) is 4. The average molecular weight is 289 g/mol. The van der Waals surface area contributed by atoms with Crippen LogP contribution in [-0.2, 0) is 4.74 Å². The van der Waals surface area contributed by atoms with Gasteiger partial charge in [-0.15, -0.1) is 0 Å². The van der Waals surface area contributed by atoms with E-state index in [2.05, 4.69) is 5.32 Å². The van der Waals surface area contributed by atoms with Crippen LogP contribution < -0.4 is 5.32 Å². The minimum atomic E-state index is -0.562. The summed E-state index contributed by atoms with van der Waals surface area (Å²) in [6.45, 7) is 0.672. The second-order valence-electron chi connectivity index (χ2n) is 4.75. The van der Waals surface area contributed by atoms with Crippen molar-refractivity contribution >= 4 is 5.91 Å². The van der Waals surface area contributed by atoms with E-state index in [1.807, 2.05) is 24.3 Å². The Morgan fingerprint density at radius 1 is 1.38 bits per heavy atom. The summed E-state index contributed by atoms with van der Waals surface area (Å²) >= 11 is 0. The van der Waals surface area contributed by atoms with Gasteiger partial charge >= 0.3 is 0 Å². The normalized spacial score (nSPS) is 12.1. The lowest BCUT2D eigenvalue weighted by molar-refractivity contribution is 0.0587. The second-order valence-corrected chi connectivity index (χ2v) is 4.75. The zero-order valence-corrected chi connectivity index (χ0v) is 11.9. The van der Waals surface area contributed by atoms with Gasteiger partial charge in [0.2, 0.25) is 0 Å². The van der Waals surface area contributed by atoms with Crippen LogP contribution in [0.3, 0.4) is 0 Å². The van der Waals surface area contributed by atoms with E-state index in [0.29, 0.717) is 18.5 Å². The van der Waals surface area contributed by atoms with E-state index >= 15 is 0 Å². The van der Waals surface area contributed by atoms with Crippen LogP contribution in [0.2, 0.25) is 0 Å². The molecule has 0 aliphatic rings. The molecule has 0 saturated heterocycles. The molecule has 0 spiro atoms. The molecule has 0 radical (unpaired) electrons. The lowest BCUT2D eigenvalue weighted by atomic mass is 10.1. The largest absolute Gasteiger partial charge is 0.472 e. The topological polar surface area (TPSA) is 71.7 Å². The van der Waals surface area contributed by atoms with Crippen LogP contribution in [-0.4, -0.2) is 37.4 Å². The first kappa shape index (κ1) is 15.3. The van der Waals surface area contributed by atoms with Gasteiger partial charge in [0, 0.05) is 24.8 Å². The number of benzene rings is 1. The van der Waals surface area contributed by atoms with Crippen LogP contribution in [0.15, 0.2) is 47.3 Å². The maximum absolute atomic E-state index is 12.1.